The summed E-state index contributed by atoms with van der Waals surface area (Å²) in [5.74, 6) is 0.926. The zero-order valence-electron chi connectivity index (χ0n) is 10.00. The van der Waals surface area contributed by atoms with Crippen LogP contribution in [0.25, 0.3) is 5.70 Å². The van der Waals surface area contributed by atoms with Crippen LogP contribution in [0.1, 0.15) is 13.3 Å². The van der Waals surface area contributed by atoms with E-state index in [1.165, 1.54) is 11.3 Å². The Bertz CT molecular complexity index is 663. The molecule has 4 rings (SSSR count). The van der Waals surface area contributed by atoms with Gasteiger partial charge in [0.1, 0.15) is 10.6 Å². The minimum Gasteiger partial charge on any atom is -0.303 e. The van der Waals surface area contributed by atoms with Crippen molar-refractivity contribution in [2.75, 3.05) is 4.90 Å². The lowest BCUT2D eigenvalue weighted by molar-refractivity contribution is 0.649. The van der Waals surface area contributed by atoms with Crippen LogP contribution >= 0.6 is 12.6 Å². The molecule has 0 fully saturated rings. The third-order valence-electron chi connectivity index (χ3n) is 3.86. The molecule has 1 aromatic heterocycles. The molecule has 0 amide bonds. The fourth-order valence-electron chi connectivity index (χ4n) is 2.99. The first-order valence-electron chi connectivity index (χ1n) is 6.02. The minimum absolute atomic E-state index is 0.120. The van der Waals surface area contributed by atoms with Gasteiger partial charge in [0.15, 0.2) is 0 Å². The number of imidazole rings is 1. The lowest BCUT2D eigenvalue weighted by Crippen LogP contribution is -2.43. The summed E-state index contributed by atoms with van der Waals surface area (Å²) in [6.07, 6.45) is 15.7. The highest BCUT2D eigenvalue weighted by Crippen LogP contribution is 2.49. The number of aromatic nitrogens is 2. The van der Waals surface area contributed by atoms with Gasteiger partial charge in [0.2, 0.25) is 5.95 Å². The van der Waals surface area contributed by atoms with Gasteiger partial charge in [0.05, 0.1) is 11.9 Å². The van der Waals surface area contributed by atoms with E-state index in [1.807, 2.05) is 6.08 Å². The Labute approximate surface area is 111 Å². The Balaban J connectivity index is 2.05. The monoisotopic (exact) mass is 254 g/mol. The van der Waals surface area contributed by atoms with Gasteiger partial charge in [-0.3, -0.25) is 4.57 Å². The van der Waals surface area contributed by atoms with Gasteiger partial charge >= 0.3 is 0 Å². The van der Waals surface area contributed by atoms with Gasteiger partial charge < -0.3 is 4.90 Å². The maximum absolute atomic E-state index is 5.40. The topological polar surface area (TPSA) is 21.1 Å². The van der Waals surface area contributed by atoms with Crippen LogP contribution in [-0.4, -0.2) is 15.1 Å². The van der Waals surface area contributed by atoms with E-state index < -0.39 is 0 Å². The van der Waals surface area contributed by atoms with Crippen molar-refractivity contribution in [2.45, 2.75) is 23.9 Å². The summed E-state index contributed by atoms with van der Waals surface area (Å²) >= 11 is 5.40. The number of fused-ring (bicyclic) bond motifs is 3. The molecular formula is C14H12N3S. The van der Waals surface area contributed by atoms with Crippen LogP contribution in [-0.2, 0) is 0 Å². The van der Waals surface area contributed by atoms with E-state index in [1.54, 1.807) is 6.20 Å². The first kappa shape index (κ1) is 10.1. The van der Waals surface area contributed by atoms with Crippen LogP contribution in [0.5, 0.6) is 0 Å². The van der Waals surface area contributed by atoms with Gasteiger partial charge in [-0.25, -0.2) is 4.98 Å². The van der Waals surface area contributed by atoms with Crippen LogP contribution < -0.4 is 4.90 Å². The van der Waals surface area contributed by atoms with E-state index in [0.717, 1.165) is 17.4 Å². The smallest absolute Gasteiger partial charge is 0.216 e. The highest BCUT2D eigenvalue weighted by Gasteiger charge is 2.48. The maximum Gasteiger partial charge on any atom is 0.216 e. The first-order valence-corrected chi connectivity index (χ1v) is 6.43. The number of nitrogens with zero attached hydrogens (tertiary/aromatic N) is 3. The lowest BCUT2D eigenvalue weighted by Gasteiger charge is -2.37. The molecule has 0 saturated heterocycles. The Morgan fingerprint density at radius 2 is 2.28 bits per heavy atom. The molecule has 0 aromatic carbocycles. The van der Waals surface area contributed by atoms with Crippen molar-refractivity contribution in [2.24, 2.45) is 0 Å². The molecule has 1 atom stereocenters. The molecule has 3 heterocycles. The number of anilines is 1. The predicted molar refractivity (Wildman–Crippen MR) is 74.2 cm³/mol. The van der Waals surface area contributed by atoms with E-state index in [-0.39, 0.29) is 5.54 Å². The molecule has 3 aliphatic rings. The average Bonchev–Trinajstić information content (AvgIpc) is 2.87. The number of allylic oxidation sites excluding steroid dienone is 4. The van der Waals surface area contributed by atoms with E-state index in [4.69, 9.17) is 12.6 Å². The minimum atomic E-state index is -0.120. The summed E-state index contributed by atoms with van der Waals surface area (Å²) in [6.45, 7) is 2.13. The average molecular weight is 254 g/mol. The molecule has 0 bridgehead atoms. The van der Waals surface area contributed by atoms with Gasteiger partial charge in [-0.15, -0.1) is 0 Å². The van der Waals surface area contributed by atoms with Crippen LogP contribution in [0, 0.1) is 0 Å². The molecular weight excluding hydrogens is 242 g/mol. The van der Waals surface area contributed by atoms with Gasteiger partial charge in [0.25, 0.3) is 0 Å². The summed E-state index contributed by atoms with van der Waals surface area (Å²) in [4.78, 5) is 6.68. The molecule has 1 aromatic rings. The quantitative estimate of drug-likeness (QED) is 0.708. The van der Waals surface area contributed by atoms with E-state index in [2.05, 4.69) is 51.9 Å². The maximum atomic E-state index is 5.40. The Hall–Kier alpha value is -1.81. The van der Waals surface area contributed by atoms with Crippen LogP contribution in [0.15, 0.2) is 53.4 Å². The number of hydrogen-bond donors (Lipinski definition) is 0. The van der Waals surface area contributed by atoms with E-state index >= 15 is 0 Å². The first-order chi connectivity index (χ1) is 8.72. The van der Waals surface area contributed by atoms with Crippen molar-refractivity contribution in [3.8, 4) is 0 Å². The van der Waals surface area contributed by atoms with Crippen molar-refractivity contribution < 1.29 is 0 Å². The van der Waals surface area contributed by atoms with Crippen LogP contribution in [0.4, 0.5) is 5.95 Å². The Morgan fingerprint density at radius 3 is 3.17 bits per heavy atom. The van der Waals surface area contributed by atoms with Gasteiger partial charge in [-0.05, 0) is 25.5 Å². The Kier molecular flexibility index (Phi) is 1.77. The highest BCUT2D eigenvalue weighted by molar-refractivity contribution is 7.80. The molecule has 0 saturated carbocycles. The normalized spacial score (nSPS) is 27.5. The van der Waals surface area contributed by atoms with E-state index in [9.17, 15) is 0 Å². The predicted octanol–water partition coefficient (Wildman–Crippen LogP) is 3.27. The number of hydrogen-bond acceptors (Lipinski definition) is 2. The SMILES string of the molecule is CC1=CCC23C=CC=CN2c2ncc([S])n2C3=C1. The van der Waals surface area contributed by atoms with Crippen molar-refractivity contribution in [1.82, 2.24) is 9.55 Å². The third-order valence-corrected chi connectivity index (χ3v) is 4.15. The molecule has 89 valence electrons. The van der Waals surface area contributed by atoms with Gasteiger partial charge in [-0.1, -0.05) is 36.4 Å². The second kappa shape index (κ2) is 3.14. The Morgan fingerprint density at radius 1 is 1.39 bits per heavy atom. The summed E-state index contributed by atoms with van der Waals surface area (Å²) < 4.78 is 2.09. The molecule has 1 aliphatic carbocycles. The van der Waals surface area contributed by atoms with Crippen LogP contribution in [0.2, 0.25) is 0 Å². The highest BCUT2D eigenvalue weighted by atomic mass is 32.1. The molecule has 18 heavy (non-hydrogen) atoms. The molecule has 1 radical (unpaired) electrons. The largest absolute Gasteiger partial charge is 0.303 e. The molecule has 2 aliphatic heterocycles. The molecule has 3 nitrogen and oxygen atoms in total. The third kappa shape index (κ3) is 1.02. The summed E-state index contributed by atoms with van der Waals surface area (Å²) in [7, 11) is 0. The second-order valence-electron chi connectivity index (χ2n) is 4.91. The molecule has 1 spiro atoms. The van der Waals surface area contributed by atoms with Crippen molar-refractivity contribution >= 4 is 24.3 Å². The summed E-state index contributed by atoms with van der Waals surface area (Å²) in [5, 5.41) is 0.779. The zero-order valence-corrected chi connectivity index (χ0v) is 10.8. The summed E-state index contributed by atoms with van der Waals surface area (Å²) in [5.41, 5.74) is 2.39. The summed E-state index contributed by atoms with van der Waals surface area (Å²) in [6, 6.07) is 0. The van der Waals surface area contributed by atoms with E-state index in [0.29, 0.717) is 0 Å². The molecule has 0 N–H and O–H groups in total. The van der Waals surface area contributed by atoms with Crippen molar-refractivity contribution in [3.63, 3.8) is 0 Å². The lowest BCUT2D eigenvalue weighted by atomic mass is 9.83. The second-order valence-corrected chi connectivity index (χ2v) is 5.33. The fraction of sp³-hybridized carbons (Fsp3) is 0.214. The van der Waals surface area contributed by atoms with Gasteiger partial charge in [0, 0.05) is 6.20 Å². The fourth-order valence-corrected chi connectivity index (χ4v) is 3.22. The zero-order chi connectivity index (χ0) is 12.3. The standard InChI is InChI=1S/C14H12N3S/c1-10-4-6-14-5-2-3-7-16(14)13-15-9-12(18)17(13)11(14)8-10/h2-5,7-9H,6H2,1H3. The van der Waals surface area contributed by atoms with Crippen LogP contribution in [0.3, 0.4) is 0 Å². The van der Waals surface area contributed by atoms with Gasteiger partial charge in [-0.2, -0.15) is 0 Å². The van der Waals surface area contributed by atoms with Crippen molar-refractivity contribution in [1.29, 1.82) is 0 Å². The molecule has 1 unspecified atom stereocenters. The number of rotatable bonds is 0. The van der Waals surface area contributed by atoms with Crippen molar-refractivity contribution in [3.05, 3.63) is 48.4 Å². The molecule has 4 heteroatoms.